The van der Waals surface area contributed by atoms with Gasteiger partial charge in [0.15, 0.2) is 5.54 Å². The second-order valence-electron chi connectivity index (χ2n) is 4.68. The second-order valence-corrected chi connectivity index (χ2v) is 4.68. The van der Waals surface area contributed by atoms with E-state index in [1.54, 1.807) is 0 Å². The fourth-order valence-electron chi connectivity index (χ4n) is 1.21. The van der Waals surface area contributed by atoms with Crippen LogP contribution in [0.3, 0.4) is 0 Å². The monoisotopic (exact) mass is 256 g/mol. The van der Waals surface area contributed by atoms with Gasteiger partial charge in [-0.15, -0.1) is 0 Å². The van der Waals surface area contributed by atoms with Gasteiger partial charge in [-0.1, -0.05) is 13.8 Å². The average molecular weight is 256 g/mol. The van der Waals surface area contributed by atoms with Gasteiger partial charge in [0.25, 0.3) is 0 Å². The van der Waals surface area contributed by atoms with Crippen LogP contribution in [0, 0.1) is 5.92 Å². The van der Waals surface area contributed by atoms with E-state index in [-0.39, 0.29) is 5.92 Å². The van der Waals surface area contributed by atoms with Crippen molar-refractivity contribution in [2.24, 2.45) is 11.7 Å². The van der Waals surface area contributed by atoms with Gasteiger partial charge in [0.05, 0.1) is 12.6 Å². The Bertz CT molecular complexity index is 265. The van der Waals surface area contributed by atoms with Crippen molar-refractivity contribution in [3.63, 3.8) is 0 Å². The Hall–Kier alpha value is -0.820. The molecule has 0 bridgehead atoms. The first-order chi connectivity index (χ1) is 7.52. The summed E-state index contributed by atoms with van der Waals surface area (Å²) in [5, 5.41) is 11.1. The van der Waals surface area contributed by atoms with Crippen molar-refractivity contribution < 1.29 is 23.1 Å². The summed E-state index contributed by atoms with van der Waals surface area (Å²) in [4.78, 5) is 11.4. The van der Waals surface area contributed by atoms with Crippen LogP contribution in [0.4, 0.5) is 13.2 Å². The number of aliphatic hydroxyl groups is 1. The lowest BCUT2D eigenvalue weighted by Gasteiger charge is -2.29. The quantitative estimate of drug-likeness (QED) is 0.680. The molecular weight excluding hydrogens is 237 g/mol. The van der Waals surface area contributed by atoms with Gasteiger partial charge in [0.1, 0.15) is 0 Å². The SMILES string of the molecule is CC(C)CC(CO)NC(=O)C(C)(N)C(F)(F)F. The van der Waals surface area contributed by atoms with Gasteiger partial charge in [-0.3, -0.25) is 4.79 Å². The van der Waals surface area contributed by atoms with Gasteiger partial charge in [-0.05, 0) is 19.3 Å². The Labute approximate surface area is 98.4 Å². The highest BCUT2D eigenvalue weighted by Crippen LogP contribution is 2.28. The first-order valence-electron chi connectivity index (χ1n) is 5.29. The highest BCUT2D eigenvalue weighted by Gasteiger charge is 2.54. The number of carbonyl (C=O) groups excluding carboxylic acids is 1. The molecule has 4 N–H and O–H groups in total. The molecule has 0 radical (unpaired) electrons. The van der Waals surface area contributed by atoms with E-state index in [0.29, 0.717) is 13.3 Å². The topological polar surface area (TPSA) is 75.3 Å². The predicted molar refractivity (Wildman–Crippen MR) is 57.1 cm³/mol. The number of hydrogen-bond donors (Lipinski definition) is 3. The molecule has 0 saturated carbocycles. The summed E-state index contributed by atoms with van der Waals surface area (Å²) >= 11 is 0. The fourth-order valence-corrected chi connectivity index (χ4v) is 1.21. The molecule has 2 atom stereocenters. The molecule has 2 unspecified atom stereocenters. The third-order valence-electron chi connectivity index (χ3n) is 2.37. The number of nitrogens with two attached hydrogens (primary N) is 1. The Morgan fingerprint density at radius 3 is 2.18 bits per heavy atom. The number of halogens is 3. The van der Waals surface area contributed by atoms with E-state index in [0.717, 1.165) is 0 Å². The van der Waals surface area contributed by atoms with Crippen molar-refractivity contribution in [1.82, 2.24) is 5.32 Å². The van der Waals surface area contributed by atoms with Gasteiger partial charge in [-0.2, -0.15) is 13.2 Å². The zero-order valence-electron chi connectivity index (χ0n) is 10.1. The molecular formula is C10H19F3N2O2. The van der Waals surface area contributed by atoms with E-state index in [4.69, 9.17) is 10.8 Å². The molecule has 0 aliphatic rings. The lowest BCUT2D eigenvalue weighted by molar-refractivity contribution is -0.188. The third-order valence-corrected chi connectivity index (χ3v) is 2.37. The number of hydrogen-bond acceptors (Lipinski definition) is 3. The zero-order chi connectivity index (χ0) is 13.9. The molecule has 0 aromatic rings. The van der Waals surface area contributed by atoms with Crippen LogP contribution in [0.2, 0.25) is 0 Å². The lowest BCUT2D eigenvalue weighted by Crippen LogP contribution is -2.63. The Balaban J connectivity index is 4.62. The van der Waals surface area contributed by atoms with Crippen LogP contribution in [0.1, 0.15) is 27.2 Å². The van der Waals surface area contributed by atoms with Crippen molar-refractivity contribution in [2.45, 2.75) is 44.9 Å². The molecule has 4 nitrogen and oxygen atoms in total. The molecule has 0 saturated heterocycles. The summed E-state index contributed by atoms with van der Waals surface area (Å²) in [6.07, 6.45) is -4.44. The lowest BCUT2D eigenvalue weighted by atomic mass is 9.99. The summed E-state index contributed by atoms with van der Waals surface area (Å²) in [7, 11) is 0. The maximum atomic E-state index is 12.5. The minimum Gasteiger partial charge on any atom is -0.394 e. The van der Waals surface area contributed by atoms with Crippen molar-refractivity contribution >= 4 is 5.91 Å². The second kappa shape index (κ2) is 5.68. The fraction of sp³-hybridized carbons (Fsp3) is 0.900. The van der Waals surface area contributed by atoms with E-state index < -0.39 is 30.3 Å². The number of amides is 1. The molecule has 0 rings (SSSR count). The van der Waals surface area contributed by atoms with Crippen LogP contribution in [-0.2, 0) is 4.79 Å². The predicted octanol–water partition coefficient (Wildman–Crippen LogP) is 0.789. The normalized spacial score (nSPS) is 17.7. The first kappa shape index (κ1) is 16.2. The van der Waals surface area contributed by atoms with E-state index in [1.807, 2.05) is 13.8 Å². The number of nitrogens with one attached hydrogen (secondary N) is 1. The molecule has 0 aromatic heterocycles. The van der Waals surface area contributed by atoms with Crippen LogP contribution >= 0.6 is 0 Å². The minimum atomic E-state index is -4.82. The van der Waals surface area contributed by atoms with Gasteiger partial charge in [0.2, 0.25) is 5.91 Å². The number of rotatable bonds is 5. The van der Waals surface area contributed by atoms with Crippen LogP contribution in [0.25, 0.3) is 0 Å². The van der Waals surface area contributed by atoms with Crippen molar-refractivity contribution in [1.29, 1.82) is 0 Å². The van der Waals surface area contributed by atoms with E-state index in [1.165, 1.54) is 0 Å². The third kappa shape index (κ3) is 4.51. The smallest absolute Gasteiger partial charge is 0.394 e. The van der Waals surface area contributed by atoms with Crippen LogP contribution in [-0.4, -0.2) is 35.4 Å². The first-order valence-corrected chi connectivity index (χ1v) is 5.29. The van der Waals surface area contributed by atoms with Crippen molar-refractivity contribution in [3.05, 3.63) is 0 Å². The van der Waals surface area contributed by atoms with E-state index in [9.17, 15) is 18.0 Å². The molecule has 7 heteroatoms. The standard InChI is InChI=1S/C10H19F3N2O2/c1-6(2)4-7(5-16)15-8(17)9(3,14)10(11,12)13/h6-7,16H,4-5,14H2,1-3H3,(H,15,17). The van der Waals surface area contributed by atoms with E-state index in [2.05, 4.69) is 5.32 Å². The van der Waals surface area contributed by atoms with Crippen LogP contribution in [0.15, 0.2) is 0 Å². The molecule has 0 spiro atoms. The van der Waals surface area contributed by atoms with Gasteiger partial charge < -0.3 is 16.2 Å². The number of carbonyl (C=O) groups is 1. The van der Waals surface area contributed by atoms with Gasteiger partial charge in [-0.25, -0.2) is 0 Å². The van der Waals surface area contributed by atoms with Crippen LogP contribution < -0.4 is 11.1 Å². The molecule has 1 amide bonds. The maximum absolute atomic E-state index is 12.5. The molecule has 0 fully saturated rings. The summed E-state index contributed by atoms with van der Waals surface area (Å²) in [6.45, 7) is 3.85. The molecule has 0 heterocycles. The minimum absolute atomic E-state index is 0.141. The molecule has 0 aromatic carbocycles. The van der Waals surface area contributed by atoms with Crippen molar-refractivity contribution in [3.8, 4) is 0 Å². The number of aliphatic hydroxyl groups excluding tert-OH is 1. The molecule has 0 aliphatic heterocycles. The zero-order valence-corrected chi connectivity index (χ0v) is 10.1. The highest BCUT2D eigenvalue weighted by molar-refractivity contribution is 5.86. The highest BCUT2D eigenvalue weighted by atomic mass is 19.4. The van der Waals surface area contributed by atoms with Gasteiger partial charge in [0, 0.05) is 0 Å². The number of alkyl halides is 3. The maximum Gasteiger partial charge on any atom is 0.415 e. The molecule has 102 valence electrons. The van der Waals surface area contributed by atoms with Crippen LogP contribution in [0.5, 0.6) is 0 Å². The summed E-state index contributed by atoms with van der Waals surface area (Å²) < 4.78 is 37.4. The summed E-state index contributed by atoms with van der Waals surface area (Å²) in [5.41, 5.74) is 2.01. The Kier molecular flexibility index (Phi) is 5.41. The molecule has 0 aliphatic carbocycles. The van der Waals surface area contributed by atoms with Crippen molar-refractivity contribution in [2.75, 3.05) is 6.61 Å². The molecule has 17 heavy (non-hydrogen) atoms. The Morgan fingerprint density at radius 1 is 1.41 bits per heavy atom. The summed E-state index contributed by atoms with van der Waals surface area (Å²) in [5.74, 6) is -1.19. The van der Waals surface area contributed by atoms with E-state index >= 15 is 0 Å². The Morgan fingerprint density at radius 2 is 1.88 bits per heavy atom. The van der Waals surface area contributed by atoms with Gasteiger partial charge >= 0.3 is 6.18 Å². The largest absolute Gasteiger partial charge is 0.415 e. The average Bonchev–Trinajstić information content (AvgIpc) is 2.13. The summed E-state index contributed by atoms with van der Waals surface area (Å²) in [6, 6.07) is -0.715.